The van der Waals surface area contributed by atoms with Crippen molar-refractivity contribution in [3.8, 4) is 0 Å². The Balaban J connectivity index is 2.65. The SMILES string of the molecule is CC[C@@H](Br)C(=O)Nc1cccc(C)c1. The van der Waals surface area contributed by atoms with Gasteiger partial charge >= 0.3 is 0 Å². The van der Waals surface area contributed by atoms with Crippen LogP contribution in [0.4, 0.5) is 5.69 Å². The number of anilines is 1. The van der Waals surface area contributed by atoms with Crippen molar-refractivity contribution in [3.05, 3.63) is 29.8 Å². The normalized spacial score (nSPS) is 12.2. The Labute approximate surface area is 92.8 Å². The van der Waals surface area contributed by atoms with E-state index in [1.54, 1.807) is 0 Å². The Kier molecular flexibility index (Phi) is 4.14. The van der Waals surface area contributed by atoms with Crippen LogP contribution in [0.1, 0.15) is 18.9 Å². The van der Waals surface area contributed by atoms with Crippen molar-refractivity contribution in [1.29, 1.82) is 0 Å². The van der Waals surface area contributed by atoms with Crippen molar-refractivity contribution in [1.82, 2.24) is 0 Å². The highest BCUT2D eigenvalue weighted by atomic mass is 79.9. The second kappa shape index (κ2) is 5.15. The Morgan fingerprint density at radius 1 is 1.57 bits per heavy atom. The molecule has 0 aliphatic rings. The van der Waals surface area contributed by atoms with Crippen molar-refractivity contribution in [2.24, 2.45) is 0 Å². The standard InChI is InChI=1S/C11H14BrNO/c1-3-10(12)11(14)13-9-6-4-5-8(2)7-9/h4-7,10H,3H2,1-2H3,(H,13,14)/t10-/m1/s1. The van der Waals surface area contributed by atoms with E-state index in [9.17, 15) is 4.79 Å². The highest BCUT2D eigenvalue weighted by Crippen LogP contribution is 2.12. The van der Waals surface area contributed by atoms with Crippen LogP contribution in [0, 0.1) is 6.92 Å². The second-order valence-electron chi connectivity index (χ2n) is 3.23. The number of carbonyl (C=O) groups is 1. The van der Waals surface area contributed by atoms with Gasteiger partial charge in [0.1, 0.15) is 0 Å². The lowest BCUT2D eigenvalue weighted by molar-refractivity contribution is -0.115. The molecule has 0 spiro atoms. The summed E-state index contributed by atoms with van der Waals surface area (Å²) in [7, 11) is 0. The number of carbonyl (C=O) groups excluding carboxylic acids is 1. The molecule has 1 aromatic rings. The van der Waals surface area contributed by atoms with E-state index in [1.807, 2.05) is 38.1 Å². The van der Waals surface area contributed by atoms with E-state index in [-0.39, 0.29) is 10.7 Å². The van der Waals surface area contributed by atoms with Gasteiger partial charge in [-0.1, -0.05) is 35.0 Å². The number of nitrogens with one attached hydrogen (secondary N) is 1. The van der Waals surface area contributed by atoms with Gasteiger partial charge in [0.05, 0.1) is 4.83 Å². The van der Waals surface area contributed by atoms with E-state index in [1.165, 1.54) is 0 Å². The van der Waals surface area contributed by atoms with Crippen molar-refractivity contribution in [2.45, 2.75) is 25.1 Å². The van der Waals surface area contributed by atoms with Crippen LogP contribution < -0.4 is 5.32 Å². The second-order valence-corrected chi connectivity index (χ2v) is 4.34. The molecule has 0 saturated carbocycles. The van der Waals surface area contributed by atoms with Gasteiger partial charge in [-0.05, 0) is 31.0 Å². The highest BCUT2D eigenvalue weighted by molar-refractivity contribution is 9.10. The van der Waals surface area contributed by atoms with Crippen LogP contribution in [0.5, 0.6) is 0 Å². The summed E-state index contributed by atoms with van der Waals surface area (Å²) in [5.74, 6) is 0.0121. The molecule has 0 aliphatic heterocycles. The van der Waals surface area contributed by atoms with Crippen LogP contribution in [0.2, 0.25) is 0 Å². The number of amides is 1. The predicted octanol–water partition coefficient (Wildman–Crippen LogP) is 3.11. The van der Waals surface area contributed by atoms with E-state index in [0.29, 0.717) is 0 Å². The van der Waals surface area contributed by atoms with E-state index < -0.39 is 0 Å². The van der Waals surface area contributed by atoms with Gasteiger partial charge in [0.15, 0.2) is 0 Å². The number of alkyl halides is 1. The van der Waals surface area contributed by atoms with Gasteiger partial charge in [-0.15, -0.1) is 0 Å². The minimum Gasteiger partial charge on any atom is -0.325 e. The quantitative estimate of drug-likeness (QED) is 0.827. The molecule has 1 atom stereocenters. The summed E-state index contributed by atoms with van der Waals surface area (Å²) >= 11 is 3.31. The molecule has 76 valence electrons. The molecule has 0 bridgehead atoms. The molecule has 0 saturated heterocycles. The van der Waals surface area contributed by atoms with Crippen LogP contribution >= 0.6 is 15.9 Å². The molecular formula is C11H14BrNO. The number of rotatable bonds is 3. The van der Waals surface area contributed by atoms with E-state index in [2.05, 4.69) is 21.2 Å². The number of benzene rings is 1. The predicted molar refractivity (Wildman–Crippen MR) is 62.8 cm³/mol. The number of halogens is 1. The first kappa shape index (κ1) is 11.2. The van der Waals surface area contributed by atoms with Crippen LogP contribution in [0.15, 0.2) is 24.3 Å². The number of hydrogen-bond donors (Lipinski definition) is 1. The third-order valence-electron chi connectivity index (χ3n) is 1.93. The van der Waals surface area contributed by atoms with E-state index >= 15 is 0 Å². The molecule has 0 fully saturated rings. The van der Waals surface area contributed by atoms with Crippen molar-refractivity contribution >= 4 is 27.5 Å². The Bertz CT molecular complexity index is 325. The fourth-order valence-corrected chi connectivity index (χ4v) is 1.24. The molecule has 1 amide bonds. The summed E-state index contributed by atoms with van der Waals surface area (Å²) in [6, 6.07) is 7.77. The first-order chi connectivity index (χ1) is 6.63. The zero-order chi connectivity index (χ0) is 10.6. The average Bonchev–Trinajstić information content (AvgIpc) is 2.16. The largest absolute Gasteiger partial charge is 0.325 e. The minimum atomic E-state index is -0.108. The molecule has 1 N–H and O–H groups in total. The van der Waals surface area contributed by atoms with Gasteiger partial charge in [-0.3, -0.25) is 4.79 Å². The fourth-order valence-electron chi connectivity index (χ4n) is 1.13. The summed E-state index contributed by atoms with van der Waals surface area (Å²) in [6.45, 7) is 3.97. The summed E-state index contributed by atoms with van der Waals surface area (Å²) in [4.78, 5) is 11.4. The molecule has 3 heteroatoms. The van der Waals surface area contributed by atoms with Crippen LogP contribution in [-0.2, 0) is 4.79 Å². The first-order valence-electron chi connectivity index (χ1n) is 4.65. The molecule has 1 rings (SSSR count). The third kappa shape index (κ3) is 3.14. The van der Waals surface area contributed by atoms with Crippen molar-refractivity contribution in [2.75, 3.05) is 5.32 Å². The zero-order valence-electron chi connectivity index (χ0n) is 8.38. The van der Waals surface area contributed by atoms with Gasteiger partial charge in [0.2, 0.25) is 5.91 Å². The number of aryl methyl sites for hydroxylation is 1. The highest BCUT2D eigenvalue weighted by Gasteiger charge is 2.11. The summed E-state index contributed by atoms with van der Waals surface area (Å²) in [5.41, 5.74) is 2.00. The average molecular weight is 256 g/mol. The maximum absolute atomic E-state index is 11.5. The number of hydrogen-bond acceptors (Lipinski definition) is 1. The molecule has 0 radical (unpaired) electrons. The molecular weight excluding hydrogens is 242 g/mol. The zero-order valence-corrected chi connectivity index (χ0v) is 9.97. The van der Waals surface area contributed by atoms with E-state index in [0.717, 1.165) is 17.7 Å². The van der Waals surface area contributed by atoms with Gasteiger partial charge in [-0.25, -0.2) is 0 Å². The van der Waals surface area contributed by atoms with Gasteiger partial charge < -0.3 is 5.32 Å². The molecule has 0 aromatic heterocycles. The van der Waals surface area contributed by atoms with Crippen molar-refractivity contribution in [3.63, 3.8) is 0 Å². The van der Waals surface area contributed by atoms with Crippen LogP contribution in [0.25, 0.3) is 0 Å². The molecule has 0 aliphatic carbocycles. The summed E-state index contributed by atoms with van der Waals surface area (Å²) in [5, 5.41) is 2.85. The molecule has 0 heterocycles. The van der Waals surface area contributed by atoms with Gasteiger partial charge in [0.25, 0.3) is 0 Å². The van der Waals surface area contributed by atoms with Crippen LogP contribution in [0.3, 0.4) is 0 Å². The van der Waals surface area contributed by atoms with Gasteiger partial charge in [0, 0.05) is 5.69 Å². The Morgan fingerprint density at radius 3 is 2.86 bits per heavy atom. The van der Waals surface area contributed by atoms with Crippen LogP contribution in [-0.4, -0.2) is 10.7 Å². The molecule has 2 nitrogen and oxygen atoms in total. The monoisotopic (exact) mass is 255 g/mol. The molecule has 1 aromatic carbocycles. The lowest BCUT2D eigenvalue weighted by Crippen LogP contribution is -2.21. The third-order valence-corrected chi connectivity index (χ3v) is 2.99. The Hall–Kier alpha value is -0.830. The lowest BCUT2D eigenvalue weighted by Gasteiger charge is -2.08. The van der Waals surface area contributed by atoms with Crippen molar-refractivity contribution < 1.29 is 4.79 Å². The molecule has 0 unspecified atom stereocenters. The summed E-state index contributed by atoms with van der Waals surface area (Å²) in [6.07, 6.45) is 0.789. The minimum absolute atomic E-state index is 0.0121. The van der Waals surface area contributed by atoms with E-state index in [4.69, 9.17) is 0 Å². The maximum atomic E-state index is 11.5. The molecule has 14 heavy (non-hydrogen) atoms. The first-order valence-corrected chi connectivity index (χ1v) is 5.56. The topological polar surface area (TPSA) is 29.1 Å². The summed E-state index contributed by atoms with van der Waals surface area (Å²) < 4.78 is 0. The van der Waals surface area contributed by atoms with Gasteiger partial charge in [-0.2, -0.15) is 0 Å². The maximum Gasteiger partial charge on any atom is 0.238 e. The lowest BCUT2D eigenvalue weighted by atomic mass is 10.2. The smallest absolute Gasteiger partial charge is 0.238 e. The Morgan fingerprint density at radius 2 is 2.29 bits per heavy atom. The fraction of sp³-hybridized carbons (Fsp3) is 0.364.